The van der Waals surface area contributed by atoms with Crippen molar-refractivity contribution in [1.29, 1.82) is 0 Å². The molecular formula is C17H10ClN3O3S2. The van der Waals surface area contributed by atoms with Crippen molar-refractivity contribution in [1.82, 2.24) is 10.2 Å². The van der Waals surface area contributed by atoms with Crippen LogP contribution in [-0.4, -0.2) is 15.1 Å². The van der Waals surface area contributed by atoms with Gasteiger partial charge in [-0.2, -0.15) is 0 Å². The lowest BCUT2D eigenvalue weighted by Gasteiger charge is -1.99. The SMILES string of the molecule is O=[N+]([O-])c1ccccc1CSc1nnc(-c2sc3ccccc3c2Cl)o1. The lowest BCUT2D eigenvalue weighted by Crippen LogP contribution is -1.93. The van der Waals surface area contributed by atoms with Gasteiger partial charge in [0.2, 0.25) is 0 Å². The minimum Gasteiger partial charge on any atom is -0.410 e. The molecule has 26 heavy (non-hydrogen) atoms. The predicted octanol–water partition coefficient (Wildman–Crippen LogP) is 5.81. The molecule has 0 aliphatic carbocycles. The number of nitrogens with zero attached hydrogens (tertiary/aromatic N) is 3. The Balaban J connectivity index is 1.57. The Bertz CT molecular complexity index is 1110. The van der Waals surface area contributed by atoms with Gasteiger partial charge in [0, 0.05) is 27.5 Å². The highest BCUT2D eigenvalue weighted by atomic mass is 35.5. The number of fused-ring (bicyclic) bond motifs is 1. The molecular weight excluding hydrogens is 394 g/mol. The fraction of sp³-hybridized carbons (Fsp3) is 0.0588. The zero-order valence-corrected chi connectivity index (χ0v) is 15.5. The summed E-state index contributed by atoms with van der Waals surface area (Å²) in [6.07, 6.45) is 0. The Morgan fingerprint density at radius 1 is 1.15 bits per heavy atom. The monoisotopic (exact) mass is 403 g/mol. The molecule has 0 spiro atoms. The van der Waals surface area contributed by atoms with Gasteiger partial charge in [0.15, 0.2) is 0 Å². The molecule has 2 aromatic heterocycles. The first-order valence-corrected chi connectivity index (χ1v) is 9.67. The largest absolute Gasteiger partial charge is 0.410 e. The molecule has 9 heteroatoms. The number of nitro groups is 1. The maximum absolute atomic E-state index is 11.1. The summed E-state index contributed by atoms with van der Waals surface area (Å²) in [5.41, 5.74) is 0.675. The Kier molecular flexibility index (Phi) is 4.62. The number of para-hydroxylation sites is 1. The molecule has 0 N–H and O–H groups in total. The summed E-state index contributed by atoms with van der Waals surface area (Å²) < 4.78 is 6.74. The number of nitro benzene ring substituents is 1. The van der Waals surface area contributed by atoms with E-state index in [4.69, 9.17) is 16.0 Å². The van der Waals surface area contributed by atoms with Crippen LogP contribution in [0.25, 0.3) is 20.9 Å². The summed E-state index contributed by atoms with van der Waals surface area (Å²) in [7, 11) is 0. The molecule has 0 saturated carbocycles. The quantitative estimate of drug-likeness (QED) is 0.238. The van der Waals surface area contributed by atoms with E-state index in [1.807, 2.05) is 24.3 Å². The van der Waals surface area contributed by atoms with Crippen molar-refractivity contribution in [2.75, 3.05) is 0 Å². The van der Waals surface area contributed by atoms with Crippen LogP contribution in [-0.2, 0) is 5.75 Å². The molecule has 0 radical (unpaired) electrons. The number of benzene rings is 2. The molecule has 0 amide bonds. The van der Waals surface area contributed by atoms with Crippen LogP contribution in [0.2, 0.25) is 5.02 Å². The summed E-state index contributed by atoms with van der Waals surface area (Å²) in [6, 6.07) is 14.4. The third kappa shape index (κ3) is 3.18. The number of halogens is 1. The number of hydrogen-bond donors (Lipinski definition) is 0. The third-order valence-corrected chi connectivity index (χ3v) is 6.21. The summed E-state index contributed by atoms with van der Waals surface area (Å²) in [4.78, 5) is 11.4. The van der Waals surface area contributed by atoms with Crippen LogP contribution in [0.1, 0.15) is 5.56 Å². The average Bonchev–Trinajstić information content (AvgIpc) is 3.25. The zero-order chi connectivity index (χ0) is 18.1. The molecule has 2 heterocycles. The molecule has 0 aliphatic heterocycles. The van der Waals surface area contributed by atoms with Gasteiger partial charge in [0.1, 0.15) is 4.88 Å². The lowest BCUT2D eigenvalue weighted by molar-refractivity contribution is -0.385. The Labute approximate surface area is 161 Å². The first-order chi connectivity index (χ1) is 12.6. The molecule has 2 aromatic carbocycles. The van der Waals surface area contributed by atoms with Crippen LogP contribution in [0.4, 0.5) is 5.69 Å². The maximum atomic E-state index is 11.1. The minimum atomic E-state index is -0.397. The van der Waals surface area contributed by atoms with Gasteiger partial charge in [-0.1, -0.05) is 59.8 Å². The van der Waals surface area contributed by atoms with Crippen molar-refractivity contribution in [2.45, 2.75) is 11.0 Å². The van der Waals surface area contributed by atoms with Crippen molar-refractivity contribution in [3.05, 3.63) is 69.2 Å². The van der Waals surface area contributed by atoms with Crippen LogP contribution in [0.15, 0.2) is 58.2 Å². The van der Waals surface area contributed by atoms with E-state index in [1.165, 1.54) is 29.2 Å². The van der Waals surface area contributed by atoms with Crippen molar-refractivity contribution >= 4 is 50.5 Å². The summed E-state index contributed by atoms with van der Waals surface area (Å²) in [5.74, 6) is 0.708. The zero-order valence-electron chi connectivity index (χ0n) is 13.1. The van der Waals surface area contributed by atoms with Crippen molar-refractivity contribution in [3.63, 3.8) is 0 Å². The van der Waals surface area contributed by atoms with E-state index in [2.05, 4.69) is 10.2 Å². The molecule has 0 bridgehead atoms. The van der Waals surface area contributed by atoms with E-state index >= 15 is 0 Å². The molecule has 0 aliphatic rings. The maximum Gasteiger partial charge on any atom is 0.277 e. The van der Waals surface area contributed by atoms with Crippen LogP contribution in [0.5, 0.6) is 0 Å². The van der Waals surface area contributed by atoms with Crippen molar-refractivity contribution in [2.24, 2.45) is 0 Å². The second kappa shape index (κ2) is 7.06. The summed E-state index contributed by atoms with van der Waals surface area (Å²) in [5, 5.41) is 21.0. The first kappa shape index (κ1) is 17.0. The molecule has 130 valence electrons. The van der Waals surface area contributed by atoms with Crippen molar-refractivity contribution < 1.29 is 9.34 Å². The second-order valence-corrected chi connectivity index (χ2v) is 7.65. The standard InChI is InChI=1S/C17H10ClN3O3S2/c18-14-11-6-2-4-8-13(11)26-15(14)16-19-20-17(24-16)25-9-10-5-1-3-7-12(10)21(22)23/h1-8H,9H2. The van der Waals surface area contributed by atoms with Gasteiger partial charge in [-0.05, 0) is 6.07 Å². The van der Waals surface area contributed by atoms with Gasteiger partial charge >= 0.3 is 0 Å². The van der Waals surface area contributed by atoms with Gasteiger partial charge in [-0.3, -0.25) is 10.1 Å². The Hall–Kier alpha value is -2.42. The first-order valence-electron chi connectivity index (χ1n) is 7.49. The number of hydrogen-bond acceptors (Lipinski definition) is 7. The van der Waals surface area contributed by atoms with Crippen LogP contribution >= 0.6 is 34.7 Å². The van der Waals surface area contributed by atoms with Gasteiger partial charge in [0.05, 0.1) is 9.95 Å². The molecule has 4 rings (SSSR count). The molecule has 4 aromatic rings. The van der Waals surface area contributed by atoms with Crippen LogP contribution in [0, 0.1) is 10.1 Å². The van der Waals surface area contributed by atoms with E-state index in [-0.39, 0.29) is 5.69 Å². The molecule has 0 fully saturated rings. The number of thiophene rings is 1. The molecule has 0 atom stereocenters. The van der Waals surface area contributed by atoms with Crippen LogP contribution < -0.4 is 0 Å². The van der Waals surface area contributed by atoms with Crippen LogP contribution in [0.3, 0.4) is 0 Å². The molecule has 6 nitrogen and oxygen atoms in total. The summed E-state index contributed by atoms with van der Waals surface area (Å²) in [6.45, 7) is 0. The summed E-state index contributed by atoms with van der Waals surface area (Å²) >= 11 is 9.16. The highest BCUT2D eigenvalue weighted by molar-refractivity contribution is 7.98. The second-order valence-electron chi connectivity index (χ2n) is 5.29. The highest BCUT2D eigenvalue weighted by Crippen LogP contribution is 2.42. The Morgan fingerprint density at radius 2 is 1.92 bits per heavy atom. The highest BCUT2D eigenvalue weighted by Gasteiger charge is 2.19. The lowest BCUT2D eigenvalue weighted by atomic mass is 10.2. The minimum absolute atomic E-state index is 0.0762. The number of aromatic nitrogens is 2. The van der Waals surface area contributed by atoms with E-state index in [0.717, 1.165) is 15.0 Å². The average molecular weight is 404 g/mol. The van der Waals surface area contributed by atoms with Gasteiger partial charge in [-0.25, -0.2) is 0 Å². The van der Waals surface area contributed by atoms with Gasteiger partial charge in [-0.15, -0.1) is 21.5 Å². The number of rotatable bonds is 5. The van der Waals surface area contributed by atoms with E-state index in [0.29, 0.717) is 27.5 Å². The fourth-order valence-electron chi connectivity index (χ4n) is 2.46. The molecule has 0 saturated heterocycles. The normalized spacial score (nSPS) is 11.1. The van der Waals surface area contributed by atoms with E-state index in [1.54, 1.807) is 18.2 Å². The third-order valence-electron chi connectivity index (χ3n) is 3.68. The molecule has 0 unspecified atom stereocenters. The van der Waals surface area contributed by atoms with E-state index in [9.17, 15) is 10.1 Å². The van der Waals surface area contributed by atoms with E-state index < -0.39 is 4.92 Å². The smallest absolute Gasteiger partial charge is 0.277 e. The van der Waals surface area contributed by atoms with Gasteiger partial charge < -0.3 is 4.42 Å². The van der Waals surface area contributed by atoms with Crippen molar-refractivity contribution in [3.8, 4) is 10.8 Å². The fourth-order valence-corrected chi connectivity index (χ4v) is 4.65. The Morgan fingerprint density at radius 3 is 2.73 bits per heavy atom. The number of thioether (sulfide) groups is 1. The topological polar surface area (TPSA) is 82.1 Å². The predicted molar refractivity (Wildman–Crippen MR) is 103 cm³/mol. The van der Waals surface area contributed by atoms with Gasteiger partial charge in [0.25, 0.3) is 16.8 Å².